The molecule has 1 fully saturated rings. The van der Waals surface area contributed by atoms with Gasteiger partial charge in [0.2, 0.25) is 6.41 Å². The van der Waals surface area contributed by atoms with Gasteiger partial charge in [-0.05, 0) is 31.4 Å². The van der Waals surface area contributed by atoms with Crippen molar-refractivity contribution in [1.82, 2.24) is 9.47 Å². The molecule has 1 aromatic rings. The zero-order valence-corrected chi connectivity index (χ0v) is 8.52. The van der Waals surface area contributed by atoms with Crippen molar-refractivity contribution in [2.75, 3.05) is 6.54 Å². The molecule has 1 atom stereocenters. The summed E-state index contributed by atoms with van der Waals surface area (Å²) in [5, 5.41) is 0. The van der Waals surface area contributed by atoms with Gasteiger partial charge in [-0.15, -0.1) is 0 Å². The first kappa shape index (κ1) is 9.31. The lowest BCUT2D eigenvalue weighted by molar-refractivity contribution is -0.121. The van der Waals surface area contributed by atoms with E-state index in [1.807, 2.05) is 24.2 Å². The molecule has 1 aliphatic heterocycles. The second-order valence-electron chi connectivity index (χ2n) is 3.90. The number of nitrogens with zero attached hydrogens (tertiary/aromatic N) is 2. The molecule has 0 radical (unpaired) electrons. The Kier molecular flexibility index (Phi) is 2.57. The van der Waals surface area contributed by atoms with E-state index in [1.54, 1.807) is 0 Å². The Morgan fingerprint density at radius 1 is 1.50 bits per heavy atom. The van der Waals surface area contributed by atoms with E-state index in [2.05, 4.69) is 10.6 Å². The van der Waals surface area contributed by atoms with Crippen LogP contribution in [0, 0.1) is 0 Å². The molecule has 0 aliphatic carbocycles. The summed E-state index contributed by atoms with van der Waals surface area (Å²) >= 11 is 0. The van der Waals surface area contributed by atoms with Gasteiger partial charge in [-0.2, -0.15) is 0 Å². The maximum Gasteiger partial charge on any atom is 0.210 e. The van der Waals surface area contributed by atoms with E-state index in [9.17, 15) is 4.79 Å². The van der Waals surface area contributed by atoms with E-state index in [-0.39, 0.29) is 0 Å². The molecule has 1 saturated heterocycles. The number of aromatic nitrogens is 1. The van der Waals surface area contributed by atoms with Crippen LogP contribution in [0.1, 0.15) is 31.0 Å². The van der Waals surface area contributed by atoms with Crippen molar-refractivity contribution in [3.63, 3.8) is 0 Å². The predicted octanol–water partition coefficient (Wildman–Crippen LogP) is 1.71. The molecular formula is C11H16N2O. The van der Waals surface area contributed by atoms with Crippen LogP contribution in [-0.4, -0.2) is 22.4 Å². The highest BCUT2D eigenvalue weighted by molar-refractivity contribution is 5.48. The van der Waals surface area contributed by atoms with E-state index >= 15 is 0 Å². The molecule has 14 heavy (non-hydrogen) atoms. The molecule has 0 bridgehead atoms. The van der Waals surface area contributed by atoms with Crippen molar-refractivity contribution in [2.24, 2.45) is 7.05 Å². The van der Waals surface area contributed by atoms with Crippen LogP contribution in [0.5, 0.6) is 0 Å². The summed E-state index contributed by atoms with van der Waals surface area (Å²) < 4.78 is 2.10. The number of likely N-dealkylation sites (tertiary alicyclic amines) is 1. The molecule has 1 aliphatic rings. The van der Waals surface area contributed by atoms with Gasteiger partial charge in [-0.25, -0.2) is 0 Å². The van der Waals surface area contributed by atoms with E-state index in [0.717, 1.165) is 25.8 Å². The Labute approximate surface area is 84.3 Å². The number of amides is 1. The molecule has 0 saturated carbocycles. The summed E-state index contributed by atoms with van der Waals surface area (Å²) in [6.45, 7) is 0.902. The molecule has 2 rings (SSSR count). The third-order valence-electron chi connectivity index (χ3n) is 3.00. The monoisotopic (exact) mass is 192 g/mol. The van der Waals surface area contributed by atoms with E-state index in [0.29, 0.717) is 6.04 Å². The number of hydrogen-bond acceptors (Lipinski definition) is 1. The van der Waals surface area contributed by atoms with E-state index < -0.39 is 0 Å². The van der Waals surface area contributed by atoms with Crippen LogP contribution in [-0.2, 0) is 11.8 Å². The fourth-order valence-electron chi connectivity index (χ4n) is 2.22. The second-order valence-corrected chi connectivity index (χ2v) is 3.90. The standard InChI is InChI=1S/C11H16N2O/c1-12-7-4-6-10(12)11-5-2-3-8-13(11)9-14/h4,6-7,9,11H,2-3,5,8H2,1H3. The normalized spacial score (nSPS) is 22.4. The number of aryl methyl sites for hydroxylation is 1. The lowest BCUT2D eigenvalue weighted by Gasteiger charge is -2.33. The van der Waals surface area contributed by atoms with Crippen molar-refractivity contribution in [1.29, 1.82) is 0 Å². The van der Waals surface area contributed by atoms with Crippen molar-refractivity contribution < 1.29 is 4.79 Å². The number of hydrogen-bond donors (Lipinski definition) is 0. The van der Waals surface area contributed by atoms with Crippen LogP contribution in [0.25, 0.3) is 0 Å². The molecule has 76 valence electrons. The lowest BCUT2D eigenvalue weighted by Crippen LogP contribution is -2.33. The molecule has 0 spiro atoms. The highest BCUT2D eigenvalue weighted by Crippen LogP contribution is 2.29. The predicted molar refractivity (Wildman–Crippen MR) is 54.8 cm³/mol. The fraction of sp³-hybridized carbons (Fsp3) is 0.545. The van der Waals surface area contributed by atoms with Gasteiger partial charge in [0.15, 0.2) is 0 Å². The molecule has 2 heterocycles. The highest BCUT2D eigenvalue weighted by atomic mass is 16.1. The van der Waals surface area contributed by atoms with Crippen LogP contribution in [0.3, 0.4) is 0 Å². The van der Waals surface area contributed by atoms with Crippen LogP contribution < -0.4 is 0 Å². The first-order valence-corrected chi connectivity index (χ1v) is 5.15. The zero-order chi connectivity index (χ0) is 9.97. The van der Waals surface area contributed by atoms with Gasteiger partial charge in [0.05, 0.1) is 6.04 Å². The van der Waals surface area contributed by atoms with Gasteiger partial charge in [0, 0.05) is 25.5 Å². The Morgan fingerprint density at radius 2 is 2.36 bits per heavy atom. The van der Waals surface area contributed by atoms with Gasteiger partial charge >= 0.3 is 0 Å². The van der Waals surface area contributed by atoms with Gasteiger partial charge in [-0.3, -0.25) is 4.79 Å². The summed E-state index contributed by atoms with van der Waals surface area (Å²) in [4.78, 5) is 12.8. The summed E-state index contributed by atoms with van der Waals surface area (Å²) in [5.74, 6) is 0. The average Bonchev–Trinajstić information content (AvgIpc) is 2.64. The summed E-state index contributed by atoms with van der Waals surface area (Å²) in [7, 11) is 2.03. The fourth-order valence-corrected chi connectivity index (χ4v) is 2.22. The topological polar surface area (TPSA) is 25.2 Å². The van der Waals surface area contributed by atoms with Crippen molar-refractivity contribution in [3.8, 4) is 0 Å². The Morgan fingerprint density at radius 3 is 3.00 bits per heavy atom. The molecule has 0 aromatic carbocycles. The second kappa shape index (κ2) is 3.86. The summed E-state index contributed by atoms with van der Waals surface area (Å²) in [6, 6.07) is 4.43. The van der Waals surface area contributed by atoms with Gasteiger partial charge in [0.25, 0.3) is 0 Å². The van der Waals surface area contributed by atoms with Gasteiger partial charge < -0.3 is 9.47 Å². The first-order valence-electron chi connectivity index (χ1n) is 5.15. The summed E-state index contributed by atoms with van der Waals surface area (Å²) in [5.41, 5.74) is 1.25. The van der Waals surface area contributed by atoms with Crippen LogP contribution in [0.2, 0.25) is 0 Å². The maximum absolute atomic E-state index is 10.9. The average molecular weight is 192 g/mol. The molecule has 3 nitrogen and oxygen atoms in total. The third kappa shape index (κ3) is 1.54. The summed E-state index contributed by atoms with van der Waals surface area (Å²) in [6.07, 6.45) is 6.47. The molecule has 1 aromatic heterocycles. The largest absolute Gasteiger partial charge is 0.353 e. The number of piperidine rings is 1. The molecular weight excluding hydrogens is 176 g/mol. The Balaban J connectivity index is 2.23. The Bertz CT molecular complexity index is 319. The molecule has 1 amide bonds. The highest BCUT2D eigenvalue weighted by Gasteiger charge is 2.23. The Hall–Kier alpha value is -1.25. The van der Waals surface area contributed by atoms with Crippen molar-refractivity contribution >= 4 is 6.41 Å². The van der Waals surface area contributed by atoms with Gasteiger partial charge in [0.1, 0.15) is 0 Å². The van der Waals surface area contributed by atoms with E-state index in [4.69, 9.17) is 0 Å². The number of carbonyl (C=O) groups excluding carboxylic acids is 1. The smallest absolute Gasteiger partial charge is 0.210 e. The number of rotatable bonds is 2. The molecule has 0 N–H and O–H groups in total. The van der Waals surface area contributed by atoms with Crippen LogP contribution >= 0.6 is 0 Å². The SMILES string of the molecule is Cn1cccc1C1CCCCN1C=O. The minimum Gasteiger partial charge on any atom is -0.353 e. The first-order chi connectivity index (χ1) is 6.83. The zero-order valence-electron chi connectivity index (χ0n) is 8.52. The van der Waals surface area contributed by atoms with Crippen LogP contribution in [0.15, 0.2) is 18.3 Å². The van der Waals surface area contributed by atoms with Gasteiger partial charge in [-0.1, -0.05) is 0 Å². The molecule has 3 heteroatoms. The molecule has 1 unspecified atom stereocenters. The lowest BCUT2D eigenvalue weighted by atomic mass is 10.0. The van der Waals surface area contributed by atoms with Crippen LogP contribution in [0.4, 0.5) is 0 Å². The third-order valence-corrected chi connectivity index (χ3v) is 3.00. The number of carbonyl (C=O) groups is 1. The maximum atomic E-state index is 10.9. The van der Waals surface area contributed by atoms with Crippen molar-refractivity contribution in [3.05, 3.63) is 24.0 Å². The minimum absolute atomic E-state index is 0.293. The quantitative estimate of drug-likeness (QED) is 0.655. The van der Waals surface area contributed by atoms with E-state index in [1.165, 1.54) is 12.1 Å². The van der Waals surface area contributed by atoms with Crippen molar-refractivity contribution in [2.45, 2.75) is 25.3 Å². The minimum atomic E-state index is 0.293.